The molecule has 2 heterocycles. The Hall–Kier alpha value is 0.780. The standard InChI is InChI=1S/C9H11BrClNS2/c1-5-3-12-9(13-4-5)7-2-6(10)8(11)14-7/h2,5,9,12H,3-4H2,1H3. The highest BCUT2D eigenvalue weighted by Crippen LogP contribution is 2.40. The smallest absolute Gasteiger partial charge is 0.107 e. The molecule has 1 aliphatic heterocycles. The normalized spacial score (nSPS) is 27.9. The van der Waals surface area contributed by atoms with Crippen LogP contribution in [0.4, 0.5) is 0 Å². The molecule has 1 saturated heterocycles. The molecule has 1 aliphatic rings. The van der Waals surface area contributed by atoms with Gasteiger partial charge in [0.1, 0.15) is 4.34 Å². The maximum Gasteiger partial charge on any atom is 0.107 e. The summed E-state index contributed by atoms with van der Waals surface area (Å²) >= 11 is 13.1. The van der Waals surface area contributed by atoms with Gasteiger partial charge >= 0.3 is 0 Å². The lowest BCUT2D eigenvalue weighted by Gasteiger charge is -2.26. The van der Waals surface area contributed by atoms with Gasteiger partial charge in [0.15, 0.2) is 0 Å². The molecule has 1 aromatic rings. The highest BCUT2D eigenvalue weighted by atomic mass is 79.9. The molecule has 78 valence electrons. The summed E-state index contributed by atoms with van der Waals surface area (Å²) in [6.45, 7) is 3.37. The van der Waals surface area contributed by atoms with Gasteiger partial charge in [-0.1, -0.05) is 18.5 Å². The van der Waals surface area contributed by atoms with E-state index in [-0.39, 0.29) is 0 Å². The maximum atomic E-state index is 6.01. The fourth-order valence-corrected chi connectivity index (χ4v) is 4.49. The second kappa shape index (κ2) is 4.74. The summed E-state index contributed by atoms with van der Waals surface area (Å²) in [6.07, 6.45) is 0. The number of hydrogen-bond acceptors (Lipinski definition) is 3. The molecule has 1 fully saturated rings. The van der Waals surface area contributed by atoms with E-state index in [4.69, 9.17) is 11.6 Å². The summed E-state index contributed by atoms with van der Waals surface area (Å²) in [6, 6.07) is 2.12. The minimum Gasteiger partial charge on any atom is -0.301 e. The van der Waals surface area contributed by atoms with E-state index >= 15 is 0 Å². The summed E-state index contributed by atoms with van der Waals surface area (Å²) in [5.41, 5.74) is 0. The van der Waals surface area contributed by atoms with E-state index in [0.717, 1.165) is 21.3 Å². The Bertz CT molecular complexity index is 301. The lowest BCUT2D eigenvalue weighted by atomic mass is 10.2. The van der Waals surface area contributed by atoms with Crippen molar-refractivity contribution in [3.05, 3.63) is 19.8 Å². The zero-order chi connectivity index (χ0) is 10.1. The Kier molecular flexibility index (Phi) is 3.82. The van der Waals surface area contributed by atoms with E-state index in [1.165, 1.54) is 10.6 Å². The molecule has 1 nitrogen and oxygen atoms in total. The van der Waals surface area contributed by atoms with Crippen molar-refractivity contribution in [1.82, 2.24) is 5.32 Å². The Balaban J connectivity index is 2.08. The first-order chi connectivity index (χ1) is 6.66. The maximum absolute atomic E-state index is 6.01. The topological polar surface area (TPSA) is 12.0 Å². The Morgan fingerprint density at radius 2 is 2.43 bits per heavy atom. The van der Waals surface area contributed by atoms with Gasteiger partial charge in [-0.25, -0.2) is 0 Å². The molecule has 0 aliphatic carbocycles. The molecule has 0 aromatic carbocycles. The lowest BCUT2D eigenvalue weighted by molar-refractivity contribution is 0.532. The van der Waals surface area contributed by atoms with Gasteiger partial charge in [-0.3, -0.25) is 0 Å². The van der Waals surface area contributed by atoms with Gasteiger partial charge in [-0.15, -0.1) is 23.1 Å². The van der Waals surface area contributed by atoms with Crippen LogP contribution in [0.3, 0.4) is 0 Å². The van der Waals surface area contributed by atoms with Crippen LogP contribution in [0.2, 0.25) is 4.34 Å². The lowest BCUT2D eigenvalue weighted by Crippen LogP contribution is -2.30. The predicted molar refractivity (Wildman–Crippen MR) is 69.4 cm³/mol. The highest BCUT2D eigenvalue weighted by Gasteiger charge is 2.21. The van der Waals surface area contributed by atoms with Crippen molar-refractivity contribution >= 4 is 50.6 Å². The molecular weight excluding hydrogens is 302 g/mol. The van der Waals surface area contributed by atoms with Crippen molar-refractivity contribution < 1.29 is 0 Å². The van der Waals surface area contributed by atoms with Gasteiger partial charge in [0, 0.05) is 9.35 Å². The van der Waals surface area contributed by atoms with Gasteiger partial charge < -0.3 is 5.32 Å². The molecule has 5 heteroatoms. The SMILES string of the molecule is CC1CNC(c2cc(Br)c(Cl)s2)SC1. The van der Waals surface area contributed by atoms with Crippen LogP contribution in [0.15, 0.2) is 10.5 Å². The van der Waals surface area contributed by atoms with E-state index in [1.807, 2.05) is 11.8 Å². The number of thioether (sulfide) groups is 1. The Morgan fingerprint density at radius 3 is 2.93 bits per heavy atom. The van der Waals surface area contributed by atoms with Crippen molar-refractivity contribution in [1.29, 1.82) is 0 Å². The van der Waals surface area contributed by atoms with Crippen LogP contribution in [0.5, 0.6) is 0 Å². The fourth-order valence-electron chi connectivity index (χ4n) is 1.36. The second-order valence-corrected chi connectivity index (χ2v) is 7.18. The van der Waals surface area contributed by atoms with Crippen LogP contribution in [0, 0.1) is 5.92 Å². The van der Waals surface area contributed by atoms with Crippen LogP contribution in [0.25, 0.3) is 0 Å². The van der Waals surface area contributed by atoms with Gasteiger partial charge in [-0.05, 0) is 40.2 Å². The number of hydrogen-bond donors (Lipinski definition) is 1. The van der Waals surface area contributed by atoms with E-state index < -0.39 is 0 Å². The first-order valence-corrected chi connectivity index (χ1v) is 7.50. The number of halogens is 2. The van der Waals surface area contributed by atoms with Gasteiger partial charge in [0.25, 0.3) is 0 Å². The van der Waals surface area contributed by atoms with E-state index in [9.17, 15) is 0 Å². The summed E-state index contributed by atoms with van der Waals surface area (Å²) in [5.74, 6) is 2.00. The molecule has 14 heavy (non-hydrogen) atoms. The minimum atomic E-state index is 0.431. The molecule has 0 amide bonds. The van der Waals surface area contributed by atoms with Crippen molar-refractivity contribution in [2.75, 3.05) is 12.3 Å². The third-order valence-corrected chi connectivity index (χ3v) is 6.33. The Labute approximate surface area is 106 Å². The first-order valence-electron chi connectivity index (χ1n) is 4.46. The van der Waals surface area contributed by atoms with Crippen molar-refractivity contribution in [3.63, 3.8) is 0 Å². The van der Waals surface area contributed by atoms with E-state index in [1.54, 1.807) is 11.3 Å². The van der Waals surface area contributed by atoms with E-state index in [0.29, 0.717) is 5.37 Å². The highest BCUT2D eigenvalue weighted by molar-refractivity contribution is 9.10. The van der Waals surface area contributed by atoms with Crippen molar-refractivity contribution in [2.24, 2.45) is 5.92 Å². The summed E-state index contributed by atoms with van der Waals surface area (Å²) in [7, 11) is 0. The van der Waals surface area contributed by atoms with E-state index in [2.05, 4.69) is 34.2 Å². The summed E-state index contributed by atoms with van der Waals surface area (Å²) < 4.78 is 1.86. The van der Waals surface area contributed by atoms with Crippen LogP contribution < -0.4 is 5.32 Å². The molecule has 1 aromatic heterocycles. The van der Waals surface area contributed by atoms with Crippen molar-refractivity contribution in [2.45, 2.75) is 12.3 Å². The summed E-state index contributed by atoms with van der Waals surface area (Å²) in [4.78, 5) is 1.32. The number of rotatable bonds is 1. The monoisotopic (exact) mass is 311 g/mol. The number of nitrogens with one attached hydrogen (secondary N) is 1. The Morgan fingerprint density at radius 1 is 1.64 bits per heavy atom. The molecule has 2 atom stereocenters. The summed E-state index contributed by atoms with van der Waals surface area (Å²) in [5, 5.41) is 3.95. The molecule has 0 saturated carbocycles. The van der Waals surface area contributed by atoms with Gasteiger partial charge in [-0.2, -0.15) is 0 Å². The fraction of sp³-hybridized carbons (Fsp3) is 0.556. The molecule has 0 spiro atoms. The molecule has 0 radical (unpaired) electrons. The van der Waals surface area contributed by atoms with Gasteiger partial charge in [0.05, 0.1) is 5.37 Å². The minimum absolute atomic E-state index is 0.431. The van der Waals surface area contributed by atoms with Crippen LogP contribution in [-0.4, -0.2) is 12.3 Å². The molecule has 1 N–H and O–H groups in total. The largest absolute Gasteiger partial charge is 0.301 e. The van der Waals surface area contributed by atoms with Gasteiger partial charge in [0.2, 0.25) is 0 Å². The predicted octanol–water partition coefficient (Wildman–Crippen LogP) is 4.14. The zero-order valence-corrected chi connectivity index (χ0v) is 11.7. The zero-order valence-electron chi connectivity index (χ0n) is 7.72. The average molecular weight is 313 g/mol. The molecular formula is C9H11BrClNS2. The van der Waals surface area contributed by atoms with Crippen LogP contribution in [0.1, 0.15) is 17.2 Å². The quantitative estimate of drug-likeness (QED) is 0.836. The van der Waals surface area contributed by atoms with Crippen molar-refractivity contribution in [3.8, 4) is 0 Å². The second-order valence-electron chi connectivity index (χ2n) is 3.50. The van der Waals surface area contributed by atoms with Crippen LogP contribution >= 0.6 is 50.6 Å². The first kappa shape index (κ1) is 11.3. The van der Waals surface area contributed by atoms with Crippen LogP contribution in [-0.2, 0) is 0 Å². The average Bonchev–Trinajstić information content (AvgIpc) is 2.48. The number of thiophene rings is 1. The molecule has 2 unspecified atom stereocenters. The molecule has 2 rings (SSSR count). The third-order valence-electron chi connectivity index (χ3n) is 2.12. The third kappa shape index (κ3) is 2.47. The molecule has 0 bridgehead atoms.